The molecular weight excluding hydrogens is 310 g/mol. The normalized spacial score (nSPS) is 16.1. The van der Waals surface area contributed by atoms with Gasteiger partial charge in [-0.05, 0) is 30.3 Å². The number of fused-ring (bicyclic) bond motifs is 1. The molecule has 1 unspecified atom stereocenters. The number of rotatable bonds is 5. The lowest BCUT2D eigenvalue weighted by atomic mass is 10.0. The molecule has 0 aromatic heterocycles. The van der Waals surface area contributed by atoms with Crippen molar-refractivity contribution >= 4 is 17.7 Å². The third-order valence-electron chi connectivity index (χ3n) is 3.72. The number of ether oxygens (including phenoxy) is 2. The van der Waals surface area contributed by atoms with E-state index < -0.39 is 0 Å². The van der Waals surface area contributed by atoms with Crippen molar-refractivity contribution in [2.45, 2.75) is 17.4 Å². The van der Waals surface area contributed by atoms with Gasteiger partial charge in [0, 0.05) is 16.9 Å². The maximum atomic E-state index is 12.2. The third kappa shape index (κ3) is 3.99. The number of nitrogens with one attached hydrogen (secondary N) is 1. The Morgan fingerprint density at radius 3 is 2.83 bits per heavy atom. The number of carbonyl (C=O) groups is 1. The average molecular weight is 329 g/mol. The lowest BCUT2D eigenvalue weighted by Crippen LogP contribution is -2.33. The second kappa shape index (κ2) is 7.42. The van der Waals surface area contributed by atoms with Gasteiger partial charge in [0.1, 0.15) is 11.5 Å². The van der Waals surface area contributed by atoms with Crippen LogP contribution in [0.25, 0.3) is 0 Å². The molecule has 2 aromatic carbocycles. The molecule has 1 aliphatic heterocycles. The van der Waals surface area contributed by atoms with Crippen LogP contribution in [0.3, 0.4) is 0 Å². The standard InChI is InChI=1S/C18H19NO3S/c1-21-13-6-8-14(9-7-13)23-12-18(20)19-16-10-11-22-17-5-3-2-4-15(16)17/h2-9,16H,10-12H2,1H3,(H,19,20). The van der Waals surface area contributed by atoms with Crippen LogP contribution in [0.15, 0.2) is 53.4 Å². The van der Waals surface area contributed by atoms with Crippen molar-refractivity contribution in [1.82, 2.24) is 5.32 Å². The van der Waals surface area contributed by atoms with Crippen molar-refractivity contribution < 1.29 is 14.3 Å². The van der Waals surface area contributed by atoms with Crippen molar-refractivity contribution in [3.8, 4) is 11.5 Å². The van der Waals surface area contributed by atoms with Gasteiger partial charge in [0.25, 0.3) is 0 Å². The van der Waals surface area contributed by atoms with E-state index in [4.69, 9.17) is 9.47 Å². The Bertz CT molecular complexity index is 672. The van der Waals surface area contributed by atoms with Gasteiger partial charge in [0.15, 0.2) is 0 Å². The van der Waals surface area contributed by atoms with Gasteiger partial charge in [0.2, 0.25) is 5.91 Å². The Labute approximate surface area is 140 Å². The highest BCUT2D eigenvalue weighted by Gasteiger charge is 2.22. The summed E-state index contributed by atoms with van der Waals surface area (Å²) in [7, 11) is 1.64. The molecule has 4 nitrogen and oxygen atoms in total. The van der Waals surface area contributed by atoms with Crippen molar-refractivity contribution in [2.75, 3.05) is 19.5 Å². The van der Waals surface area contributed by atoms with Crippen LogP contribution in [0.4, 0.5) is 0 Å². The molecule has 5 heteroatoms. The molecule has 0 aliphatic carbocycles. The molecule has 2 aromatic rings. The van der Waals surface area contributed by atoms with Crippen molar-refractivity contribution in [3.63, 3.8) is 0 Å². The van der Waals surface area contributed by atoms with Gasteiger partial charge >= 0.3 is 0 Å². The van der Waals surface area contributed by atoms with Crippen LogP contribution in [-0.2, 0) is 4.79 Å². The van der Waals surface area contributed by atoms with E-state index in [9.17, 15) is 4.79 Å². The molecule has 0 fully saturated rings. The van der Waals surface area contributed by atoms with Gasteiger partial charge in [-0.15, -0.1) is 11.8 Å². The largest absolute Gasteiger partial charge is 0.497 e. The zero-order chi connectivity index (χ0) is 16.1. The molecule has 0 radical (unpaired) electrons. The Hall–Kier alpha value is -2.14. The average Bonchev–Trinajstić information content (AvgIpc) is 2.61. The van der Waals surface area contributed by atoms with Crippen molar-refractivity contribution in [2.24, 2.45) is 0 Å². The molecule has 1 aliphatic rings. The Morgan fingerprint density at radius 2 is 2.04 bits per heavy atom. The summed E-state index contributed by atoms with van der Waals surface area (Å²) >= 11 is 1.52. The molecular formula is C18H19NO3S. The van der Waals surface area contributed by atoms with Crippen molar-refractivity contribution in [3.05, 3.63) is 54.1 Å². The van der Waals surface area contributed by atoms with Crippen LogP contribution in [-0.4, -0.2) is 25.4 Å². The zero-order valence-electron chi connectivity index (χ0n) is 13.0. The van der Waals surface area contributed by atoms with Gasteiger partial charge in [-0.1, -0.05) is 18.2 Å². The minimum atomic E-state index is 0.0314. The summed E-state index contributed by atoms with van der Waals surface area (Å²) < 4.78 is 10.7. The fourth-order valence-corrected chi connectivity index (χ4v) is 3.26. The van der Waals surface area contributed by atoms with E-state index in [1.54, 1.807) is 7.11 Å². The molecule has 1 heterocycles. The fraction of sp³-hybridized carbons (Fsp3) is 0.278. The molecule has 0 bridgehead atoms. The number of benzene rings is 2. The molecule has 0 spiro atoms. The maximum Gasteiger partial charge on any atom is 0.230 e. The minimum Gasteiger partial charge on any atom is -0.497 e. The summed E-state index contributed by atoms with van der Waals surface area (Å²) in [5, 5.41) is 3.10. The highest BCUT2D eigenvalue weighted by atomic mass is 32.2. The topological polar surface area (TPSA) is 47.6 Å². The van der Waals surface area contributed by atoms with Crippen LogP contribution >= 0.6 is 11.8 Å². The lowest BCUT2D eigenvalue weighted by molar-refractivity contribution is -0.119. The summed E-state index contributed by atoms with van der Waals surface area (Å²) in [6.45, 7) is 0.633. The quantitative estimate of drug-likeness (QED) is 0.854. The van der Waals surface area contributed by atoms with Gasteiger partial charge in [-0.25, -0.2) is 0 Å². The summed E-state index contributed by atoms with van der Waals surface area (Å²) in [5.74, 6) is 2.11. The summed E-state index contributed by atoms with van der Waals surface area (Å²) in [4.78, 5) is 13.3. The van der Waals surface area contributed by atoms with Crippen LogP contribution in [0.1, 0.15) is 18.0 Å². The lowest BCUT2D eigenvalue weighted by Gasteiger charge is -2.26. The van der Waals surface area contributed by atoms with E-state index in [2.05, 4.69) is 5.32 Å². The first kappa shape index (κ1) is 15.7. The number of para-hydroxylation sites is 1. The van der Waals surface area contributed by atoms with Crippen LogP contribution in [0, 0.1) is 0 Å². The first-order chi connectivity index (χ1) is 11.3. The highest BCUT2D eigenvalue weighted by Crippen LogP contribution is 2.31. The zero-order valence-corrected chi connectivity index (χ0v) is 13.8. The smallest absolute Gasteiger partial charge is 0.230 e. The summed E-state index contributed by atoms with van der Waals surface area (Å²) in [5.41, 5.74) is 1.06. The Morgan fingerprint density at radius 1 is 1.26 bits per heavy atom. The van der Waals surface area contributed by atoms with E-state index >= 15 is 0 Å². The molecule has 0 saturated heterocycles. The number of methoxy groups -OCH3 is 1. The number of hydrogen-bond donors (Lipinski definition) is 1. The van der Waals surface area contributed by atoms with E-state index in [0.717, 1.165) is 28.4 Å². The van der Waals surface area contributed by atoms with Crippen LogP contribution in [0.2, 0.25) is 0 Å². The van der Waals surface area contributed by atoms with Gasteiger partial charge < -0.3 is 14.8 Å². The second-order valence-electron chi connectivity index (χ2n) is 5.26. The Kier molecular flexibility index (Phi) is 5.08. The third-order valence-corrected chi connectivity index (χ3v) is 4.74. The second-order valence-corrected chi connectivity index (χ2v) is 6.31. The predicted molar refractivity (Wildman–Crippen MR) is 91.2 cm³/mol. The van der Waals surface area contributed by atoms with E-state index in [0.29, 0.717) is 12.4 Å². The molecule has 1 atom stereocenters. The summed E-state index contributed by atoms with van der Waals surface area (Å²) in [6.07, 6.45) is 0.802. The van der Waals surface area contributed by atoms with Gasteiger partial charge in [0.05, 0.1) is 25.5 Å². The van der Waals surface area contributed by atoms with Crippen LogP contribution in [0.5, 0.6) is 11.5 Å². The first-order valence-corrected chi connectivity index (χ1v) is 8.53. The minimum absolute atomic E-state index is 0.0314. The monoisotopic (exact) mass is 329 g/mol. The molecule has 3 rings (SSSR count). The van der Waals surface area contributed by atoms with E-state index in [1.165, 1.54) is 11.8 Å². The maximum absolute atomic E-state index is 12.2. The molecule has 120 valence electrons. The van der Waals surface area contributed by atoms with Crippen LogP contribution < -0.4 is 14.8 Å². The number of amides is 1. The highest BCUT2D eigenvalue weighted by molar-refractivity contribution is 8.00. The summed E-state index contributed by atoms with van der Waals surface area (Å²) in [6, 6.07) is 15.6. The number of carbonyl (C=O) groups excluding carboxylic acids is 1. The first-order valence-electron chi connectivity index (χ1n) is 7.54. The molecule has 1 N–H and O–H groups in total. The van der Waals surface area contributed by atoms with E-state index in [-0.39, 0.29) is 11.9 Å². The van der Waals surface area contributed by atoms with Gasteiger partial charge in [-0.3, -0.25) is 4.79 Å². The molecule has 0 saturated carbocycles. The SMILES string of the molecule is COc1ccc(SCC(=O)NC2CCOc3ccccc32)cc1. The predicted octanol–water partition coefficient (Wildman–Crippen LogP) is 3.43. The molecule has 23 heavy (non-hydrogen) atoms. The van der Waals surface area contributed by atoms with Gasteiger partial charge in [-0.2, -0.15) is 0 Å². The Balaban J connectivity index is 1.55. The van der Waals surface area contributed by atoms with E-state index in [1.807, 2.05) is 48.5 Å². The fourth-order valence-electron chi connectivity index (χ4n) is 2.55. The molecule has 1 amide bonds. The number of thioether (sulfide) groups is 1. The number of hydrogen-bond acceptors (Lipinski definition) is 4. The van der Waals surface area contributed by atoms with Crippen molar-refractivity contribution in [1.29, 1.82) is 0 Å².